The number of halogens is 3. The molecule has 1 aliphatic heterocycles. The fourth-order valence-electron chi connectivity index (χ4n) is 3.98. The predicted molar refractivity (Wildman–Crippen MR) is 113 cm³/mol. The topological polar surface area (TPSA) is 69.6 Å². The molecule has 5 nitrogen and oxygen atoms in total. The Morgan fingerprint density at radius 2 is 1.75 bits per heavy atom. The highest BCUT2D eigenvalue weighted by Crippen LogP contribution is 2.32. The van der Waals surface area contributed by atoms with Gasteiger partial charge in [-0.2, -0.15) is 13.2 Å². The van der Waals surface area contributed by atoms with Gasteiger partial charge in [0.1, 0.15) is 11.8 Å². The third kappa shape index (κ3) is 4.26. The van der Waals surface area contributed by atoms with Gasteiger partial charge < -0.3 is 15.3 Å². The van der Waals surface area contributed by atoms with Crippen LogP contribution in [-0.2, 0) is 17.5 Å². The van der Waals surface area contributed by atoms with Gasteiger partial charge in [0.25, 0.3) is 5.91 Å². The molecular weight excluding hydrogens is 421 g/mol. The lowest BCUT2D eigenvalue weighted by molar-refractivity contribution is -0.137. The van der Waals surface area contributed by atoms with Crippen molar-refractivity contribution < 1.29 is 27.9 Å². The third-order valence-corrected chi connectivity index (χ3v) is 5.70. The number of nitrogens with one attached hydrogen (secondary N) is 1. The first kappa shape index (κ1) is 21.7. The predicted octanol–water partition coefficient (Wildman–Crippen LogP) is 4.49. The molecule has 0 radical (unpaired) electrons. The smallest absolute Gasteiger partial charge is 0.416 e. The van der Waals surface area contributed by atoms with Crippen molar-refractivity contribution in [3.63, 3.8) is 0 Å². The molecule has 0 saturated carbocycles. The summed E-state index contributed by atoms with van der Waals surface area (Å²) >= 11 is 0. The van der Waals surface area contributed by atoms with Crippen molar-refractivity contribution in [3.8, 4) is 5.75 Å². The monoisotopic (exact) mass is 442 g/mol. The Labute approximate surface area is 182 Å². The molecule has 1 fully saturated rings. The summed E-state index contributed by atoms with van der Waals surface area (Å²) in [5.41, 5.74) is -0.101. The Bertz CT molecular complexity index is 1160. The Morgan fingerprint density at radius 1 is 1.03 bits per heavy atom. The van der Waals surface area contributed by atoms with Crippen molar-refractivity contribution in [3.05, 3.63) is 77.4 Å². The lowest BCUT2D eigenvalue weighted by atomic mass is 10.0. The number of nitrogens with zero attached hydrogens (tertiary/aromatic N) is 1. The number of benzene rings is 3. The zero-order valence-electron chi connectivity index (χ0n) is 17.0. The molecular formula is C24H21F3N2O3. The minimum absolute atomic E-state index is 0.0523. The van der Waals surface area contributed by atoms with E-state index in [1.807, 2.05) is 12.1 Å². The number of aromatic hydroxyl groups is 1. The van der Waals surface area contributed by atoms with Crippen molar-refractivity contribution in [2.24, 2.45) is 0 Å². The van der Waals surface area contributed by atoms with E-state index in [9.17, 15) is 27.9 Å². The number of phenols is 1. The van der Waals surface area contributed by atoms with Crippen LogP contribution in [0.3, 0.4) is 0 Å². The van der Waals surface area contributed by atoms with Crippen LogP contribution < -0.4 is 5.32 Å². The van der Waals surface area contributed by atoms with E-state index in [0.717, 1.165) is 17.5 Å². The van der Waals surface area contributed by atoms with E-state index in [0.29, 0.717) is 30.3 Å². The molecule has 3 aromatic carbocycles. The SMILES string of the molecule is O=C(NCc1ccc(C(F)(F)F)cc1)C1CCCN1C(=O)c1ccc2ccccc2c1O. The number of phenolic OH excluding ortho intramolecular Hbond substituents is 1. The molecule has 0 aromatic heterocycles. The quantitative estimate of drug-likeness (QED) is 0.626. The number of rotatable bonds is 4. The molecule has 166 valence electrons. The first-order chi connectivity index (χ1) is 15.3. The van der Waals surface area contributed by atoms with Crippen LogP contribution >= 0.6 is 0 Å². The molecule has 32 heavy (non-hydrogen) atoms. The first-order valence-corrected chi connectivity index (χ1v) is 10.2. The maximum atomic E-state index is 13.1. The van der Waals surface area contributed by atoms with Crippen molar-refractivity contribution in [2.75, 3.05) is 6.54 Å². The molecule has 3 aromatic rings. The van der Waals surface area contributed by atoms with Gasteiger partial charge in [-0.15, -0.1) is 0 Å². The van der Waals surface area contributed by atoms with Crippen LogP contribution in [0.25, 0.3) is 10.8 Å². The van der Waals surface area contributed by atoms with Gasteiger partial charge >= 0.3 is 6.18 Å². The number of likely N-dealkylation sites (tertiary alicyclic amines) is 1. The van der Waals surface area contributed by atoms with Gasteiger partial charge in [0.2, 0.25) is 5.91 Å². The van der Waals surface area contributed by atoms with E-state index >= 15 is 0 Å². The van der Waals surface area contributed by atoms with Crippen LogP contribution in [0.4, 0.5) is 13.2 Å². The van der Waals surface area contributed by atoms with Gasteiger partial charge in [-0.3, -0.25) is 9.59 Å². The van der Waals surface area contributed by atoms with E-state index in [2.05, 4.69) is 5.32 Å². The molecule has 0 bridgehead atoms. The van der Waals surface area contributed by atoms with E-state index in [4.69, 9.17) is 0 Å². The number of hydrogen-bond donors (Lipinski definition) is 2. The average molecular weight is 442 g/mol. The van der Waals surface area contributed by atoms with E-state index in [1.54, 1.807) is 24.3 Å². The lowest BCUT2D eigenvalue weighted by Gasteiger charge is -2.24. The van der Waals surface area contributed by atoms with Gasteiger partial charge in [-0.25, -0.2) is 0 Å². The number of hydrogen-bond acceptors (Lipinski definition) is 3. The van der Waals surface area contributed by atoms with Crippen LogP contribution in [0, 0.1) is 0 Å². The number of carbonyl (C=O) groups is 2. The second kappa shape index (κ2) is 8.53. The summed E-state index contributed by atoms with van der Waals surface area (Å²) in [5, 5.41) is 14.7. The van der Waals surface area contributed by atoms with Crippen LogP contribution in [0.1, 0.15) is 34.3 Å². The minimum Gasteiger partial charge on any atom is -0.506 e. The summed E-state index contributed by atoms with van der Waals surface area (Å²) in [6.45, 7) is 0.431. The molecule has 4 rings (SSSR count). The summed E-state index contributed by atoms with van der Waals surface area (Å²) in [4.78, 5) is 27.3. The van der Waals surface area contributed by atoms with E-state index in [1.165, 1.54) is 17.0 Å². The maximum absolute atomic E-state index is 13.1. The largest absolute Gasteiger partial charge is 0.506 e. The number of amides is 2. The summed E-state index contributed by atoms with van der Waals surface area (Å²) in [5.74, 6) is -0.930. The van der Waals surface area contributed by atoms with Gasteiger partial charge in [0.05, 0.1) is 11.1 Å². The van der Waals surface area contributed by atoms with E-state index < -0.39 is 23.7 Å². The minimum atomic E-state index is -4.42. The fraction of sp³-hybridized carbons (Fsp3) is 0.250. The third-order valence-electron chi connectivity index (χ3n) is 5.70. The molecule has 8 heteroatoms. The van der Waals surface area contributed by atoms with Gasteiger partial charge in [-0.05, 0) is 42.0 Å². The second-order valence-corrected chi connectivity index (χ2v) is 7.75. The van der Waals surface area contributed by atoms with Crippen molar-refractivity contribution in [2.45, 2.75) is 31.6 Å². The Kier molecular flexibility index (Phi) is 5.78. The molecule has 0 aliphatic carbocycles. The first-order valence-electron chi connectivity index (χ1n) is 10.2. The number of alkyl halides is 3. The highest BCUT2D eigenvalue weighted by atomic mass is 19.4. The van der Waals surface area contributed by atoms with Crippen molar-refractivity contribution >= 4 is 22.6 Å². The van der Waals surface area contributed by atoms with Crippen LogP contribution in [-0.4, -0.2) is 34.4 Å². The Hall–Kier alpha value is -3.55. The van der Waals surface area contributed by atoms with Crippen LogP contribution in [0.5, 0.6) is 5.75 Å². The zero-order chi connectivity index (χ0) is 22.9. The van der Waals surface area contributed by atoms with Crippen LogP contribution in [0.15, 0.2) is 60.7 Å². The summed E-state index contributed by atoms with van der Waals surface area (Å²) < 4.78 is 38.1. The number of fused-ring (bicyclic) bond motifs is 1. The molecule has 1 heterocycles. The summed E-state index contributed by atoms with van der Waals surface area (Å²) in [6.07, 6.45) is -3.31. The van der Waals surface area contributed by atoms with Crippen molar-refractivity contribution in [1.82, 2.24) is 10.2 Å². The maximum Gasteiger partial charge on any atom is 0.416 e. The molecule has 1 aliphatic rings. The van der Waals surface area contributed by atoms with E-state index in [-0.39, 0.29) is 23.8 Å². The zero-order valence-corrected chi connectivity index (χ0v) is 17.0. The molecule has 2 amide bonds. The summed E-state index contributed by atoms with van der Waals surface area (Å²) in [7, 11) is 0. The summed E-state index contributed by atoms with van der Waals surface area (Å²) in [6, 6.07) is 14.3. The van der Waals surface area contributed by atoms with Crippen LogP contribution in [0.2, 0.25) is 0 Å². The van der Waals surface area contributed by atoms with Gasteiger partial charge in [0, 0.05) is 18.5 Å². The van der Waals surface area contributed by atoms with Gasteiger partial charge in [0.15, 0.2) is 0 Å². The number of carbonyl (C=O) groups excluding carboxylic acids is 2. The molecule has 0 spiro atoms. The fourth-order valence-corrected chi connectivity index (χ4v) is 3.98. The molecule has 1 unspecified atom stereocenters. The Morgan fingerprint density at radius 3 is 2.47 bits per heavy atom. The average Bonchev–Trinajstić information content (AvgIpc) is 3.27. The second-order valence-electron chi connectivity index (χ2n) is 7.75. The normalized spacial score (nSPS) is 16.3. The molecule has 1 atom stereocenters. The highest BCUT2D eigenvalue weighted by Gasteiger charge is 2.35. The van der Waals surface area contributed by atoms with Gasteiger partial charge in [-0.1, -0.05) is 42.5 Å². The standard InChI is InChI=1S/C24H21F3N2O3/c25-24(26,27)17-10-7-15(8-11-17)14-28-22(31)20-6-3-13-29(20)23(32)19-12-9-16-4-1-2-5-18(16)21(19)30/h1-2,4-5,7-12,20,30H,3,6,13-14H2,(H,28,31). The lowest BCUT2D eigenvalue weighted by Crippen LogP contribution is -2.45. The van der Waals surface area contributed by atoms with Crippen molar-refractivity contribution in [1.29, 1.82) is 0 Å². The molecule has 1 saturated heterocycles. The highest BCUT2D eigenvalue weighted by molar-refractivity contribution is 6.05. The Balaban J connectivity index is 1.45. The molecule has 2 N–H and O–H groups in total.